The summed E-state index contributed by atoms with van der Waals surface area (Å²) in [6.45, 7) is 1.23. The van der Waals surface area contributed by atoms with Gasteiger partial charge in [0.25, 0.3) is 0 Å². The van der Waals surface area contributed by atoms with E-state index >= 15 is 0 Å². The first-order chi connectivity index (χ1) is 8.23. The molecule has 0 aliphatic heterocycles. The summed E-state index contributed by atoms with van der Waals surface area (Å²) < 4.78 is 25.5. The predicted octanol–water partition coefficient (Wildman–Crippen LogP) is 1.89. The zero-order valence-corrected chi connectivity index (χ0v) is 11.7. The number of hydrogen-bond acceptors (Lipinski definition) is 3. The van der Waals surface area contributed by atoms with Crippen LogP contribution in [0.2, 0.25) is 10.0 Å². The van der Waals surface area contributed by atoms with E-state index in [1.165, 1.54) is 19.1 Å². The molecule has 100 valence electrons. The van der Waals surface area contributed by atoms with Gasteiger partial charge in [0.1, 0.15) is 6.04 Å². The smallest absolute Gasteiger partial charge is 0.321 e. The van der Waals surface area contributed by atoms with Crippen molar-refractivity contribution in [3.8, 4) is 0 Å². The Balaban J connectivity index is 2.93. The van der Waals surface area contributed by atoms with Crippen molar-refractivity contribution in [2.24, 2.45) is 0 Å². The molecule has 0 unspecified atom stereocenters. The maximum absolute atomic E-state index is 11.7. The first-order valence-corrected chi connectivity index (χ1v) is 7.29. The number of carboxylic acids is 1. The lowest BCUT2D eigenvalue weighted by Crippen LogP contribution is -2.39. The van der Waals surface area contributed by atoms with Crippen molar-refractivity contribution in [1.82, 2.24) is 4.72 Å². The van der Waals surface area contributed by atoms with Gasteiger partial charge in [-0.3, -0.25) is 4.79 Å². The van der Waals surface area contributed by atoms with Crippen LogP contribution in [0.4, 0.5) is 0 Å². The van der Waals surface area contributed by atoms with E-state index in [2.05, 4.69) is 0 Å². The Labute approximate surface area is 115 Å². The number of carbonyl (C=O) groups is 1. The predicted molar refractivity (Wildman–Crippen MR) is 69.3 cm³/mol. The summed E-state index contributed by atoms with van der Waals surface area (Å²) in [5.41, 5.74) is 0.242. The quantitative estimate of drug-likeness (QED) is 0.869. The highest BCUT2D eigenvalue weighted by atomic mass is 35.5. The Morgan fingerprint density at radius 1 is 1.39 bits per heavy atom. The third kappa shape index (κ3) is 4.13. The van der Waals surface area contributed by atoms with Crippen LogP contribution in [0.15, 0.2) is 18.2 Å². The van der Waals surface area contributed by atoms with Gasteiger partial charge in [-0.05, 0) is 19.1 Å². The third-order valence-corrected chi connectivity index (χ3v) is 4.21. The number of aliphatic carboxylic acids is 1. The molecule has 0 aliphatic carbocycles. The molecule has 0 aromatic heterocycles. The standard InChI is InChI=1S/C10H11Cl2NO4S/c1-6(10(14)15)13-18(16,17)5-7-8(11)3-2-4-9(7)12/h2-4,6,13H,5H2,1H3,(H,14,15)/t6-/m0/s1. The van der Waals surface area contributed by atoms with Crippen LogP contribution in [0, 0.1) is 0 Å². The van der Waals surface area contributed by atoms with Crippen LogP contribution in [-0.2, 0) is 20.6 Å². The second-order valence-corrected chi connectivity index (χ2v) is 6.21. The van der Waals surface area contributed by atoms with E-state index in [-0.39, 0.29) is 15.6 Å². The van der Waals surface area contributed by atoms with Gasteiger partial charge in [0.05, 0.1) is 5.75 Å². The molecule has 8 heteroatoms. The van der Waals surface area contributed by atoms with Crippen LogP contribution in [0.5, 0.6) is 0 Å². The summed E-state index contributed by atoms with van der Waals surface area (Å²) in [5, 5.41) is 9.08. The second-order valence-electron chi connectivity index (χ2n) is 3.64. The Hall–Kier alpha value is -0.820. The Bertz CT molecular complexity index is 539. The fourth-order valence-electron chi connectivity index (χ4n) is 1.22. The minimum absolute atomic E-state index is 0.218. The molecule has 0 heterocycles. The topological polar surface area (TPSA) is 83.5 Å². The first kappa shape index (κ1) is 15.2. The highest BCUT2D eigenvalue weighted by molar-refractivity contribution is 7.88. The van der Waals surface area contributed by atoms with Gasteiger partial charge >= 0.3 is 5.97 Å². The largest absolute Gasteiger partial charge is 0.480 e. The molecule has 0 fully saturated rings. The molecular weight excluding hydrogens is 301 g/mol. The lowest BCUT2D eigenvalue weighted by molar-refractivity contribution is -0.138. The third-order valence-electron chi connectivity index (χ3n) is 2.12. The van der Waals surface area contributed by atoms with Crippen molar-refractivity contribution >= 4 is 39.2 Å². The molecule has 0 saturated carbocycles. The van der Waals surface area contributed by atoms with Crippen molar-refractivity contribution in [3.05, 3.63) is 33.8 Å². The molecule has 0 saturated heterocycles. The van der Waals surface area contributed by atoms with Crippen LogP contribution < -0.4 is 4.72 Å². The number of sulfonamides is 1. The van der Waals surface area contributed by atoms with Crippen LogP contribution in [0.1, 0.15) is 12.5 Å². The Morgan fingerprint density at radius 3 is 2.33 bits per heavy atom. The van der Waals surface area contributed by atoms with E-state index < -0.39 is 27.8 Å². The van der Waals surface area contributed by atoms with Crippen molar-refractivity contribution < 1.29 is 18.3 Å². The minimum atomic E-state index is -3.82. The molecule has 1 rings (SSSR count). The summed E-state index contributed by atoms with van der Waals surface area (Å²) in [7, 11) is -3.82. The first-order valence-electron chi connectivity index (χ1n) is 4.88. The van der Waals surface area contributed by atoms with E-state index in [9.17, 15) is 13.2 Å². The van der Waals surface area contributed by atoms with Gasteiger partial charge in [0, 0.05) is 15.6 Å². The number of halogens is 2. The molecule has 0 spiro atoms. The van der Waals surface area contributed by atoms with Crippen LogP contribution in [0.25, 0.3) is 0 Å². The molecule has 0 bridgehead atoms. The lowest BCUT2D eigenvalue weighted by atomic mass is 10.2. The van der Waals surface area contributed by atoms with Gasteiger partial charge < -0.3 is 5.11 Å². The molecular formula is C10H11Cl2NO4S. The van der Waals surface area contributed by atoms with Gasteiger partial charge in [-0.15, -0.1) is 0 Å². The molecule has 5 nitrogen and oxygen atoms in total. The summed E-state index contributed by atoms with van der Waals surface area (Å²) in [4.78, 5) is 10.6. The van der Waals surface area contributed by atoms with Gasteiger partial charge in [0.15, 0.2) is 0 Å². The highest BCUT2D eigenvalue weighted by Crippen LogP contribution is 2.25. The monoisotopic (exact) mass is 311 g/mol. The average molecular weight is 312 g/mol. The molecule has 1 atom stereocenters. The number of hydrogen-bond donors (Lipinski definition) is 2. The Morgan fingerprint density at radius 2 is 1.89 bits per heavy atom. The van der Waals surface area contributed by atoms with Crippen molar-refractivity contribution in [1.29, 1.82) is 0 Å². The van der Waals surface area contributed by atoms with Crippen LogP contribution >= 0.6 is 23.2 Å². The molecule has 1 aromatic rings. The maximum Gasteiger partial charge on any atom is 0.321 e. The van der Waals surface area contributed by atoms with Gasteiger partial charge in [-0.25, -0.2) is 13.1 Å². The summed E-state index contributed by atoms with van der Waals surface area (Å²) in [6.07, 6.45) is 0. The Kier molecular flexibility index (Phi) is 4.98. The van der Waals surface area contributed by atoms with Crippen molar-refractivity contribution in [2.45, 2.75) is 18.7 Å². The number of carboxylic acid groups (broad SMARTS) is 1. The summed E-state index contributed by atoms with van der Waals surface area (Å²) in [5.74, 6) is -1.73. The van der Waals surface area contributed by atoms with E-state index in [0.717, 1.165) is 0 Å². The number of benzene rings is 1. The molecule has 1 aromatic carbocycles. The summed E-state index contributed by atoms with van der Waals surface area (Å²) in [6, 6.07) is 3.41. The number of rotatable bonds is 5. The summed E-state index contributed by atoms with van der Waals surface area (Å²) >= 11 is 11.7. The van der Waals surface area contributed by atoms with Gasteiger partial charge in [-0.2, -0.15) is 0 Å². The number of nitrogens with one attached hydrogen (secondary N) is 1. The zero-order chi connectivity index (χ0) is 13.9. The minimum Gasteiger partial charge on any atom is -0.480 e. The van der Waals surface area contributed by atoms with Gasteiger partial charge in [-0.1, -0.05) is 29.3 Å². The molecule has 0 radical (unpaired) electrons. The molecule has 0 amide bonds. The van der Waals surface area contributed by atoms with Crippen molar-refractivity contribution in [2.75, 3.05) is 0 Å². The van der Waals surface area contributed by atoms with E-state index in [0.29, 0.717) is 0 Å². The molecule has 18 heavy (non-hydrogen) atoms. The molecule has 2 N–H and O–H groups in total. The highest BCUT2D eigenvalue weighted by Gasteiger charge is 2.21. The van der Waals surface area contributed by atoms with Crippen LogP contribution in [0.3, 0.4) is 0 Å². The average Bonchev–Trinajstić information content (AvgIpc) is 2.23. The second kappa shape index (κ2) is 5.88. The fourth-order valence-corrected chi connectivity index (χ4v) is 3.33. The van der Waals surface area contributed by atoms with E-state index in [1.54, 1.807) is 6.07 Å². The van der Waals surface area contributed by atoms with Crippen molar-refractivity contribution in [3.63, 3.8) is 0 Å². The zero-order valence-electron chi connectivity index (χ0n) is 9.35. The SMILES string of the molecule is C[C@H](NS(=O)(=O)Cc1c(Cl)cccc1Cl)C(=O)O. The van der Waals surface area contributed by atoms with E-state index in [4.69, 9.17) is 28.3 Å². The van der Waals surface area contributed by atoms with Gasteiger partial charge in [0.2, 0.25) is 10.0 Å². The fraction of sp³-hybridized carbons (Fsp3) is 0.300. The molecule has 0 aliphatic rings. The lowest BCUT2D eigenvalue weighted by Gasteiger charge is -2.11. The normalized spacial score (nSPS) is 13.3. The van der Waals surface area contributed by atoms with E-state index in [1.807, 2.05) is 4.72 Å². The maximum atomic E-state index is 11.7. The van der Waals surface area contributed by atoms with Crippen LogP contribution in [-0.4, -0.2) is 25.5 Å².